The van der Waals surface area contributed by atoms with E-state index in [0.717, 1.165) is 13.0 Å². The van der Waals surface area contributed by atoms with Crippen LogP contribution in [0.1, 0.15) is 31.7 Å². The van der Waals surface area contributed by atoms with Crippen LogP contribution in [0.2, 0.25) is 0 Å². The average Bonchev–Trinajstić information content (AvgIpc) is 2.29. The summed E-state index contributed by atoms with van der Waals surface area (Å²) >= 11 is 0. The van der Waals surface area contributed by atoms with E-state index in [2.05, 4.69) is 38.1 Å². The molecule has 0 bridgehead atoms. The molecule has 1 saturated heterocycles. The van der Waals surface area contributed by atoms with Gasteiger partial charge in [-0.15, -0.1) is 0 Å². The standard InChI is InChI=1S/C13H18O2/c1-10-8-9-14-13(15-10)11(2)12-6-4-3-5-7-12/h3-7,10-11,13H,8-9H2,1-2H3/t10-,11-,13-/m0/s1. The van der Waals surface area contributed by atoms with E-state index in [4.69, 9.17) is 9.47 Å². The fourth-order valence-corrected chi connectivity index (χ4v) is 1.86. The van der Waals surface area contributed by atoms with E-state index < -0.39 is 0 Å². The Morgan fingerprint density at radius 1 is 1.27 bits per heavy atom. The summed E-state index contributed by atoms with van der Waals surface area (Å²) in [6.45, 7) is 5.06. The fraction of sp³-hybridized carbons (Fsp3) is 0.538. The minimum absolute atomic E-state index is 0.0869. The lowest BCUT2D eigenvalue weighted by molar-refractivity contribution is -0.216. The Bertz CT molecular complexity index is 297. The summed E-state index contributed by atoms with van der Waals surface area (Å²) < 4.78 is 11.4. The van der Waals surface area contributed by atoms with Gasteiger partial charge in [-0.2, -0.15) is 0 Å². The molecule has 3 atom stereocenters. The molecule has 1 aromatic rings. The smallest absolute Gasteiger partial charge is 0.164 e. The predicted molar refractivity (Wildman–Crippen MR) is 59.8 cm³/mol. The van der Waals surface area contributed by atoms with Crippen LogP contribution in [0.4, 0.5) is 0 Å². The van der Waals surface area contributed by atoms with Crippen molar-refractivity contribution in [1.82, 2.24) is 0 Å². The van der Waals surface area contributed by atoms with Crippen molar-refractivity contribution in [2.45, 2.75) is 38.6 Å². The zero-order chi connectivity index (χ0) is 10.7. The zero-order valence-electron chi connectivity index (χ0n) is 9.35. The third kappa shape index (κ3) is 2.58. The van der Waals surface area contributed by atoms with E-state index in [0.29, 0.717) is 12.0 Å². The third-order valence-electron chi connectivity index (χ3n) is 2.91. The Labute approximate surface area is 91.2 Å². The van der Waals surface area contributed by atoms with E-state index in [1.54, 1.807) is 0 Å². The van der Waals surface area contributed by atoms with Crippen LogP contribution in [-0.2, 0) is 9.47 Å². The number of rotatable bonds is 2. The van der Waals surface area contributed by atoms with Gasteiger partial charge in [0.1, 0.15) is 0 Å². The van der Waals surface area contributed by atoms with Crippen molar-refractivity contribution in [3.05, 3.63) is 35.9 Å². The van der Waals surface area contributed by atoms with Crippen LogP contribution in [0.5, 0.6) is 0 Å². The van der Waals surface area contributed by atoms with Crippen molar-refractivity contribution >= 4 is 0 Å². The van der Waals surface area contributed by atoms with Gasteiger partial charge < -0.3 is 9.47 Å². The summed E-state index contributed by atoms with van der Waals surface area (Å²) in [7, 11) is 0. The van der Waals surface area contributed by atoms with Crippen LogP contribution >= 0.6 is 0 Å². The van der Waals surface area contributed by atoms with Gasteiger partial charge in [-0.05, 0) is 18.9 Å². The molecule has 2 nitrogen and oxygen atoms in total. The molecule has 1 aliphatic heterocycles. The molecule has 1 heterocycles. The second-order valence-corrected chi connectivity index (χ2v) is 4.17. The summed E-state index contributed by atoms with van der Waals surface area (Å²) in [5, 5.41) is 0. The second-order valence-electron chi connectivity index (χ2n) is 4.17. The molecule has 0 saturated carbocycles. The number of hydrogen-bond donors (Lipinski definition) is 0. The van der Waals surface area contributed by atoms with E-state index in [1.165, 1.54) is 5.56 Å². The summed E-state index contributed by atoms with van der Waals surface area (Å²) in [5.74, 6) is 0.300. The van der Waals surface area contributed by atoms with Gasteiger partial charge in [0.2, 0.25) is 0 Å². The first-order valence-corrected chi connectivity index (χ1v) is 5.59. The molecule has 0 N–H and O–H groups in total. The Hall–Kier alpha value is -0.860. The first-order chi connectivity index (χ1) is 7.27. The van der Waals surface area contributed by atoms with Crippen LogP contribution in [0.25, 0.3) is 0 Å². The number of hydrogen-bond acceptors (Lipinski definition) is 2. The van der Waals surface area contributed by atoms with Crippen LogP contribution in [0.3, 0.4) is 0 Å². The maximum atomic E-state index is 5.78. The molecule has 0 aromatic heterocycles. The fourth-order valence-electron chi connectivity index (χ4n) is 1.86. The van der Waals surface area contributed by atoms with E-state index >= 15 is 0 Å². The lowest BCUT2D eigenvalue weighted by Crippen LogP contribution is -2.34. The molecule has 2 rings (SSSR count). The first-order valence-electron chi connectivity index (χ1n) is 5.59. The molecule has 1 aliphatic rings. The molecule has 0 spiro atoms. The number of benzene rings is 1. The van der Waals surface area contributed by atoms with Gasteiger partial charge in [-0.25, -0.2) is 0 Å². The maximum absolute atomic E-state index is 5.78. The summed E-state index contributed by atoms with van der Waals surface area (Å²) in [6, 6.07) is 10.4. The Morgan fingerprint density at radius 3 is 2.67 bits per heavy atom. The molecule has 15 heavy (non-hydrogen) atoms. The Balaban J connectivity index is 2.04. The molecular weight excluding hydrogens is 188 g/mol. The second kappa shape index (κ2) is 4.77. The van der Waals surface area contributed by atoms with Gasteiger partial charge in [0, 0.05) is 5.92 Å². The summed E-state index contributed by atoms with van der Waals surface area (Å²) in [6.07, 6.45) is 1.23. The van der Waals surface area contributed by atoms with Gasteiger partial charge in [0.25, 0.3) is 0 Å². The highest BCUT2D eigenvalue weighted by atomic mass is 16.7. The van der Waals surface area contributed by atoms with Gasteiger partial charge in [0.05, 0.1) is 12.7 Å². The largest absolute Gasteiger partial charge is 0.352 e. The lowest BCUT2D eigenvalue weighted by Gasteiger charge is -2.32. The highest BCUT2D eigenvalue weighted by molar-refractivity contribution is 5.19. The van der Waals surface area contributed by atoms with Gasteiger partial charge in [-0.3, -0.25) is 0 Å². The normalized spacial score (nSPS) is 28.7. The molecule has 1 aromatic carbocycles. The monoisotopic (exact) mass is 206 g/mol. The van der Waals surface area contributed by atoms with Crippen molar-refractivity contribution in [3.63, 3.8) is 0 Å². The lowest BCUT2D eigenvalue weighted by atomic mass is 10.0. The molecule has 0 aliphatic carbocycles. The minimum atomic E-state index is -0.0869. The Morgan fingerprint density at radius 2 is 2.00 bits per heavy atom. The van der Waals surface area contributed by atoms with Crippen molar-refractivity contribution < 1.29 is 9.47 Å². The van der Waals surface area contributed by atoms with Crippen LogP contribution in [0.15, 0.2) is 30.3 Å². The molecule has 0 radical (unpaired) electrons. The topological polar surface area (TPSA) is 18.5 Å². The Kier molecular flexibility index (Phi) is 3.39. The van der Waals surface area contributed by atoms with E-state index in [9.17, 15) is 0 Å². The van der Waals surface area contributed by atoms with Crippen molar-refractivity contribution in [1.29, 1.82) is 0 Å². The van der Waals surface area contributed by atoms with Crippen LogP contribution in [-0.4, -0.2) is 19.0 Å². The highest BCUT2D eigenvalue weighted by Crippen LogP contribution is 2.26. The quantitative estimate of drug-likeness (QED) is 0.740. The van der Waals surface area contributed by atoms with Crippen LogP contribution in [0, 0.1) is 0 Å². The highest BCUT2D eigenvalue weighted by Gasteiger charge is 2.25. The predicted octanol–water partition coefficient (Wildman–Crippen LogP) is 2.94. The van der Waals surface area contributed by atoms with Gasteiger partial charge in [0.15, 0.2) is 6.29 Å². The first kappa shape index (κ1) is 10.7. The molecule has 0 amide bonds. The van der Waals surface area contributed by atoms with Crippen LogP contribution < -0.4 is 0 Å². The third-order valence-corrected chi connectivity index (χ3v) is 2.91. The maximum Gasteiger partial charge on any atom is 0.164 e. The summed E-state index contributed by atoms with van der Waals surface area (Å²) in [5.41, 5.74) is 1.27. The molecule has 2 heteroatoms. The summed E-state index contributed by atoms with van der Waals surface area (Å²) in [4.78, 5) is 0. The number of ether oxygens (including phenoxy) is 2. The molecule has 0 unspecified atom stereocenters. The van der Waals surface area contributed by atoms with Crippen molar-refractivity contribution in [3.8, 4) is 0 Å². The SMILES string of the molecule is C[C@H]1CCO[C@H]([C@@H](C)c2ccccc2)O1. The van der Waals surface area contributed by atoms with E-state index in [-0.39, 0.29) is 6.29 Å². The van der Waals surface area contributed by atoms with Gasteiger partial charge >= 0.3 is 0 Å². The zero-order valence-corrected chi connectivity index (χ0v) is 9.35. The van der Waals surface area contributed by atoms with Gasteiger partial charge in [-0.1, -0.05) is 37.3 Å². The molecular formula is C13H18O2. The van der Waals surface area contributed by atoms with Crippen molar-refractivity contribution in [2.24, 2.45) is 0 Å². The van der Waals surface area contributed by atoms with Crippen molar-refractivity contribution in [2.75, 3.05) is 6.61 Å². The molecule has 1 fully saturated rings. The minimum Gasteiger partial charge on any atom is -0.352 e. The molecule has 82 valence electrons. The van der Waals surface area contributed by atoms with E-state index in [1.807, 2.05) is 6.07 Å². The average molecular weight is 206 g/mol.